The number of nitrogens with one attached hydrogen (secondary N) is 1. The fraction of sp³-hybridized carbons (Fsp3) is 0.0714. The number of nitro benzene ring substituents is 1. The van der Waals surface area contributed by atoms with Crippen LogP contribution in [-0.2, 0) is 10.0 Å². The van der Waals surface area contributed by atoms with E-state index < -0.39 is 14.9 Å². The van der Waals surface area contributed by atoms with E-state index in [9.17, 15) is 18.5 Å². The fourth-order valence-corrected chi connectivity index (χ4v) is 4.26. The minimum absolute atomic E-state index is 0.0257. The second-order valence-electron chi connectivity index (χ2n) is 4.86. The van der Waals surface area contributed by atoms with Gasteiger partial charge in [-0.1, -0.05) is 17.3 Å². The normalized spacial score (nSPS) is 11.4. The minimum atomic E-state index is -3.81. The van der Waals surface area contributed by atoms with E-state index in [4.69, 9.17) is 4.52 Å². The monoisotopic (exact) mass is 365 g/mol. The molecule has 8 nitrogen and oxygen atoms in total. The standard InChI is InChI=1S/C14H11N3O5S2/c1-9-7-13(22-15-9)16-24(20,21)14-6-5-12(23-14)10-3-2-4-11(8-10)17(18)19/h2-8,16H,1H3. The Labute approximate surface area is 140 Å². The average molecular weight is 365 g/mol. The lowest BCUT2D eigenvalue weighted by atomic mass is 10.2. The van der Waals surface area contributed by atoms with Crippen LogP contribution < -0.4 is 4.72 Å². The van der Waals surface area contributed by atoms with Crippen LogP contribution in [0.5, 0.6) is 0 Å². The van der Waals surface area contributed by atoms with Crippen molar-refractivity contribution in [3.8, 4) is 10.4 Å². The number of non-ortho nitro benzene ring substituents is 1. The van der Waals surface area contributed by atoms with Gasteiger partial charge >= 0.3 is 0 Å². The zero-order valence-corrected chi connectivity index (χ0v) is 13.9. The minimum Gasteiger partial charge on any atom is -0.338 e. The molecule has 0 atom stereocenters. The smallest absolute Gasteiger partial charge is 0.273 e. The van der Waals surface area contributed by atoms with E-state index in [1.807, 2.05) is 0 Å². The number of rotatable bonds is 5. The third kappa shape index (κ3) is 3.29. The zero-order chi connectivity index (χ0) is 17.3. The summed E-state index contributed by atoms with van der Waals surface area (Å²) < 4.78 is 31.9. The molecule has 124 valence electrons. The first-order valence-electron chi connectivity index (χ1n) is 6.66. The predicted octanol–water partition coefficient (Wildman–Crippen LogP) is 3.42. The molecule has 0 aliphatic rings. The lowest BCUT2D eigenvalue weighted by molar-refractivity contribution is -0.384. The van der Waals surface area contributed by atoms with Crippen molar-refractivity contribution in [2.24, 2.45) is 0 Å². The second kappa shape index (κ2) is 6.06. The number of nitro groups is 1. The van der Waals surface area contributed by atoms with Gasteiger partial charge in [-0.05, 0) is 24.6 Å². The van der Waals surface area contributed by atoms with Crippen LogP contribution in [0.3, 0.4) is 0 Å². The van der Waals surface area contributed by atoms with Gasteiger partial charge in [-0.2, -0.15) is 0 Å². The van der Waals surface area contributed by atoms with Gasteiger partial charge in [-0.15, -0.1) is 11.3 Å². The van der Waals surface area contributed by atoms with Crippen LogP contribution in [0.15, 0.2) is 51.2 Å². The van der Waals surface area contributed by atoms with E-state index >= 15 is 0 Å². The molecule has 1 aromatic carbocycles. The van der Waals surface area contributed by atoms with Gasteiger partial charge in [-0.3, -0.25) is 10.1 Å². The number of aromatic nitrogens is 1. The van der Waals surface area contributed by atoms with Crippen molar-refractivity contribution in [2.45, 2.75) is 11.1 Å². The first-order valence-corrected chi connectivity index (χ1v) is 8.96. The summed E-state index contributed by atoms with van der Waals surface area (Å²) in [5, 5.41) is 14.5. The number of aryl methyl sites for hydroxylation is 1. The van der Waals surface area contributed by atoms with E-state index in [-0.39, 0.29) is 15.8 Å². The van der Waals surface area contributed by atoms with E-state index in [1.54, 1.807) is 25.1 Å². The summed E-state index contributed by atoms with van der Waals surface area (Å²) in [4.78, 5) is 10.9. The predicted molar refractivity (Wildman–Crippen MR) is 88.5 cm³/mol. The SMILES string of the molecule is Cc1cc(NS(=O)(=O)c2ccc(-c3cccc([N+](=O)[O-])c3)s2)on1. The van der Waals surface area contributed by atoms with Gasteiger partial charge in [0, 0.05) is 23.1 Å². The Morgan fingerprint density at radius 2 is 2.04 bits per heavy atom. The molecule has 0 aliphatic carbocycles. The Balaban J connectivity index is 1.90. The van der Waals surface area contributed by atoms with E-state index in [0.29, 0.717) is 16.1 Å². The maximum absolute atomic E-state index is 12.3. The van der Waals surface area contributed by atoms with Gasteiger partial charge in [0.2, 0.25) is 5.88 Å². The zero-order valence-electron chi connectivity index (χ0n) is 12.3. The Morgan fingerprint density at radius 3 is 2.71 bits per heavy atom. The molecule has 24 heavy (non-hydrogen) atoms. The van der Waals surface area contributed by atoms with Crippen molar-refractivity contribution in [1.82, 2.24) is 5.16 Å². The Hall–Kier alpha value is -2.72. The largest absolute Gasteiger partial charge is 0.338 e. The fourth-order valence-electron chi connectivity index (χ4n) is 1.99. The van der Waals surface area contributed by atoms with Crippen LogP contribution in [0.4, 0.5) is 11.6 Å². The molecule has 0 unspecified atom stereocenters. The molecule has 3 aromatic rings. The summed E-state index contributed by atoms with van der Waals surface area (Å²) in [7, 11) is -3.81. The van der Waals surface area contributed by atoms with E-state index in [2.05, 4.69) is 9.88 Å². The average Bonchev–Trinajstić information content (AvgIpc) is 3.17. The van der Waals surface area contributed by atoms with Gasteiger partial charge in [-0.25, -0.2) is 13.1 Å². The van der Waals surface area contributed by atoms with E-state index in [1.165, 1.54) is 24.3 Å². The number of thiophene rings is 1. The third-order valence-corrected chi connectivity index (χ3v) is 6.02. The molecule has 0 radical (unpaired) electrons. The number of hydrogen-bond donors (Lipinski definition) is 1. The van der Waals surface area contributed by atoms with Crippen molar-refractivity contribution >= 4 is 32.9 Å². The van der Waals surface area contributed by atoms with Gasteiger partial charge in [0.05, 0.1) is 10.6 Å². The second-order valence-corrected chi connectivity index (χ2v) is 7.86. The van der Waals surface area contributed by atoms with E-state index in [0.717, 1.165) is 11.3 Å². The van der Waals surface area contributed by atoms with Crippen molar-refractivity contribution in [2.75, 3.05) is 4.72 Å². The van der Waals surface area contributed by atoms with Crippen LogP contribution in [0.2, 0.25) is 0 Å². The molecule has 0 saturated heterocycles. The third-order valence-electron chi connectivity index (χ3n) is 3.05. The molecule has 0 amide bonds. The van der Waals surface area contributed by atoms with Crippen LogP contribution in [-0.4, -0.2) is 18.5 Å². The molecule has 3 rings (SSSR count). The van der Waals surface area contributed by atoms with Crippen molar-refractivity contribution in [1.29, 1.82) is 0 Å². The molecule has 0 saturated carbocycles. The van der Waals surface area contributed by atoms with Crippen LogP contribution >= 0.6 is 11.3 Å². The topological polar surface area (TPSA) is 115 Å². The maximum Gasteiger partial charge on any atom is 0.273 e. The summed E-state index contributed by atoms with van der Waals surface area (Å²) in [6.45, 7) is 1.67. The molecular formula is C14H11N3O5S2. The Kier molecular flexibility index (Phi) is 4.08. The summed E-state index contributed by atoms with van der Waals surface area (Å²) in [6, 6.07) is 10.5. The van der Waals surface area contributed by atoms with Crippen molar-refractivity contribution in [3.63, 3.8) is 0 Å². The highest BCUT2D eigenvalue weighted by atomic mass is 32.2. The first kappa shape index (κ1) is 16.1. The molecule has 1 N–H and O–H groups in total. The quantitative estimate of drug-likeness (QED) is 0.547. The highest BCUT2D eigenvalue weighted by molar-refractivity contribution is 7.94. The summed E-state index contributed by atoms with van der Waals surface area (Å²) in [5.74, 6) is 0.0257. The van der Waals surface area contributed by atoms with Crippen LogP contribution in [0.1, 0.15) is 5.69 Å². The Bertz CT molecular complexity index is 1010. The molecule has 0 aliphatic heterocycles. The number of nitrogens with zero attached hydrogens (tertiary/aromatic N) is 2. The van der Waals surface area contributed by atoms with Crippen LogP contribution in [0, 0.1) is 17.0 Å². The number of anilines is 1. The van der Waals surface area contributed by atoms with Gasteiger partial charge < -0.3 is 4.52 Å². The highest BCUT2D eigenvalue weighted by Crippen LogP contribution is 2.33. The Morgan fingerprint density at radius 1 is 1.25 bits per heavy atom. The number of hydrogen-bond acceptors (Lipinski definition) is 7. The highest BCUT2D eigenvalue weighted by Gasteiger charge is 2.20. The molecule has 10 heteroatoms. The molecule has 0 spiro atoms. The summed E-state index contributed by atoms with van der Waals surface area (Å²) >= 11 is 1.00. The summed E-state index contributed by atoms with van der Waals surface area (Å²) in [5.41, 5.74) is 1.07. The maximum atomic E-state index is 12.3. The first-order chi connectivity index (χ1) is 11.3. The molecule has 0 bridgehead atoms. The molecule has 2 aromatic heterocycles. The molecule has 2 heterocycles. The lowest BCUT2D eigenvalue weighted by Crippen LogP contribution is -2.10. The molecule has 0 fully saturated rings. The van der Waals surface area contributed by atoms with Gasteiger partial charge in [0.25, 0.3) is 15.7 Å². The summed E-state index contributed by atoms with van der Waals surface area (Å²) in [6.07, 6.45) is 0. The van der Waals surface area contributed by atoms with Gasteiger partial charge in [0.1, 0.15) is 4.21 Å². The van der Waals surface area contributed by atoms with Gasteiger partial charge in [0.15, 0.2) is 0 Å². The lowest BCUT2D eigenvalue weighted by Gasteiger charge is -2.01. The molecular weight excluding hydrogens is 354 g/mol. The van der Waals surface area contributed by atoms with Crippen molar-refractivity contribution in [3.05, 3.63) is 58.3 Å². The van der Waals surface area contributed by atoms with Crippen molar-refractivity contribution < 1.29 is 17.9 Å². The number of sulfonamides is 1. The van der Waals surface area contributed by atoms with Crippen LogP contribution in [0.25, 0.3) is 10.4 Å². The number of benzene rings is 1.